The van der Waals surface area contributed by atoms with Gasteiger partial charge in [0, 0.05) is 18.0 Å². The van der Waals surface area contributed by atoms with Crippen LogP contribution in [0.25, 0.3) is 0 Å². The third-order valence-corrected chi connectivity index (χ3v) is 3.26. The molecule has 3 N–H and O–H groups in total. The van der Waals surface area contributed by atoms with Crippen LogP contribution in [0.15, 0.2) is 10.6 Å². The van der Waals surface area contributed by atoms with Gasteiger partial charge >= 0.3 is 0 Å². The van der Waals surface area contributed by atoms with E-state index >= 15 is 0 Å². The predicted octanol–water partition coefficient (Wildman–Crippen LogP) is 1.26. The maximum absolute atomic E-state index is 11.7. The summed E-state index contributed by atoms with van der Waals surface area (Å²) in [5, 5.41) is 6.64. The maximum Gasteiger partial charge on any atom is 0.222 e. The fourth-order valence-corrected chi connectivity index (χ4v) is 2.33. The third kappa shape index (κ3) is 3.30. The third-order valence-electron chi connectivity index (χ3n) is 3.26. The van der Waals surface area contributed by atoms with Gasteiger partial charge in [-0.25, -0.2) is 0 Å². The van der Waals surface area contributed by atoms with Crippen LogP contribution in [0.2, 0.25) is 0 Å². The largest absolute Gasteiger partial charge is 0.361 e. The fraction of sp³-hybridized carbons (Fsp3) is 0.667. The Kier molecular flexibility index (Phi) is 3.47. The Balaban J connectivity index is 1.77. The molecule has 0 unspecified atom stereocenters. The molecule has 1 fully saturated rings. The van der Waals surface area contributed by atoms with Crippen molar-refractivity contribution in [3.63, 3.8) is 0 Å². The average Bonchev–Trinajstić information content (AvgIpc) is 2.85. The highest BCUT2D eigenvalue weighted by Crippen LogP contribution is 2.29. The number of aryl methyl sites for hydroxylation is 1. The van der Waals surface area contributed by atoms with Crippen molar-refractivity contribution in [2.24, 2.45) is 5.73 Å². The Bertz CT molecular complexity index is 394. The van der Waals surface area contributed by atoms with Crippen LogP contribution in [0, 0.1) is 6.92 Å². The van der Waals surface area contributed by atoms with E-state index in [2.05, 4.69) is 10.5 Å². The number of nitrogens with two attached hydrogens (primary N) is 1. The van der Waals surface area contributed by atoms with Crippen molar-refractivity contribution in [1.29, 1.82) is 0 Å². The summed E-state index contributed by atoms with van der Waals surface area (Å²) in [6.45, 7) is 2.23. The molecule has 1 amide bonds. The lowest BCUT2D eigenvalue weighted by Crippen LogP contribution is -2.42. The van der Waals surface area contributed by atoms with Crippen molar-refractivity contribution < 1.29 is 9.32 Å². The summed E-state index contributed by atoms with van der Waals surface area (Å²) in [5.74, 6) is 0.746. The lowest BCUT2D eigenvalue weighted by Gasteiger charge is -2.22. The zero-order valence-electron chi connectivity index (χ0n) is 10.2. The van der Waals surface area contributed by atoms with E-state index in [1.54, 1.807) is 0 Å². The standard InChI is InChI=1S/C12H19N3O2/c1-9-6-10(15-17-9)8-14-11(16)7-12(13)4-2-3-5-12/h6H,2-5,7-8,13H2,1H3,(H,14,16). The summed E-state index contributed by atoms with van der Waals surface area (Å²) in [6.07, 6.45) is 4.56. The smallest absolute Gasteiger partial charge is 0.222 e. The molecule has 0 atom stereocenters. The Morgan fingerprint density at radius 2 is 2.29 bits per heavy atom. The van der Waals surface area contributed by atoms with Crippen LogP contribution < -0.4 is 11.1 Å². The van der Waals surface area contributed by atoms with Gasteiger partial charge in [0.1, 0.15) is 11.5 Å². The van der Waals surface area contributed by atoms with Gasteiger partial charge in [0.25, 0.3) is 0 Å². The summed E-state index contributed by atoms with van der Waals surface area (Å²) in [5.41, 5.74) is 6.59. The molecule has 0 saturated heterocycles. The Hall–Kier alpha value is -1.36. The van der Waals surface area contributed by atoms with Crippen LogP contribution in [-0.4, -0.2) is 16.6 Å². The van der Waals surface area contributed by atoms with Crippen LogP contribution in [0.3, 0.4) is 0 Å². The molecule has 17 heavy (non-hydrogen) atoms. The van der Waals surface area contributed by atoms with Gasteiger partial charge in [-0.3, -0.25) is 4.79 Å². The second kappa shape index (κ2) is 4.87. The Morgan fingerprint density at radius 1 is 1.59 bits per heavy atom. The van der Waals surface area contributed by atoms with Crippen LogP contribution >= 0.6 is 0 Å². The van der Waals surface area contributed by atoms with Gasteiger partial charge in [-0.1, -0.05) is 18.0 Å². The highest BCUT2D eigenvalue weighted by Gasteiger charge is 2.31. The van der Waals surface area contributed by atoms with Gasteiger partial charge in [0.2, 0.25) is 5.91 Å². The Labute approximate surface area is 101 Å². The molecule has 1 aliphatic rings. The highest BCUT2D eigenvalue weighted by atomic mass is 16.5. The molecule has 1 heterocycles. The van der Waals surface area contributed by atoms with E-state index in [-0.39, 0.29) is 11.4 Å². The highest BCUT2D eigenvalue weighted by molar-refractivity contribution is 5.77. The first-order valence-electron chi connectivity index (χ1n) is 6.05. The second-order valence-corrected chi connectivity index (χ2v) is 4.95. The molecule has 5 nitrogen and oxygen atoms in total. The topological polar surface area (TPSA) is 81.2 Å². The lowest BCUT2D eigenvalue weighted by molar-refractivity contribution is -0.122. The minimum absolute atomic E-state index is 0.00458. The minimum atomic E-state index is -0.288. The molecule has 0 aromatic carbocycles. The van der Waals surface area contributed by atoms with Crippen molar-refractivity contribution in [3.8, 4) is 0 Å². The number of carbonyl (C=O) groups is 1. The SMILES string of the molecule is Cc1cc(CNC(=O)CC2(N)CCCC2)no1. The summed E-state index contributed by atoms with van der Waals surface area (Å²) < 4.78 is 4.92. The van der Waals surface area contributed by atoms with E-state index in [9.17, 15) is 4.79 Å². The Morgan fingerprint density at radius 3 is 2.88 bits per heavy atom. The van der Waals surface area contributed by atoms with Crippen LogP contribution in [0.5, 0.6) is 0 Å². The number of nitrogens with one attached hydrogen (secondary N) is 1. The van der Waals surface area contributed by atoms with E-state index in [4.69, 9.17) is 10.3 Å². The second-order valence-electron chi connectivity index (χ2n) is 4.95. The number of amides is 1. The zero-order chi connectivity index (χ0) is 12.3. The monoisotopic (exact) mass is 237 g/mol. The molecule has 94 valence electrons. The van der Waals surface area contributed by atoms with Gasteiger partial charge in [0.15, 0.2) is 0 Å². The quantitative estimate of drug-likeness (QED) is 0.826. The minimum Gasteiger partial charge on any atom is -0.361 e. The fourth-order valence-electron chi connectivity index (χ4n) is 2.33. The molecule has 0 bridgehead atoms. The normalized spacial score (nSPS) is 18.2. The van der Waals surface area contributed by atoms with E-state index < -0.39 is 0 Å². The predicted molar refractivity (Wildman–Crippen MR) is 63.1 cm³/mol. The lowest BCUT2D eigenvalue weighted by atomic mass is 9.94. The molecule has 1 aromatic rings. The maximum atomic E-state index is 11.7. The van der Waals surface area contributed by atoms with Crippen molar-refractivity contribution in [1.82, 2.24) is 10.5 Å². The van der Waals surface area contributed by atoms with E-state index in [1.165, 1.54) is 0 Å². The van der Waals surface area contributed by atoms with Crippen molar-refractivity contribution in [3.05, 3.63) is 17.5 Å². The van der Waals surface area contributed by atoms with Gasteiger partial charge in [-0.15, -0.1) is 0 Å². The van der Waals surface area contributed by atoms with Gasteiger partial charge in [-0.05, 0) is 19.8 Å². The first kappa shape index (κ1) is 12.1. The van der Waals surface area contributed by atoms with Crippen molar-refractivity contribution in [2.75, 3.05) is 0 Å². The zero-order valence-corrected chi connectivity index (χ0v) is 10.2. The number of hydrogen-bond acceptors (Lipinski definition) is 4. The van der Waals surface area contributed by atoms with E-state index in [0.29, 0.717) is 13.0 Å². The summed E-state index contributed by atoms with van der Waals surface area (Å²) in [4.78, 5) is 11.7. The van der Waals surface area contributed by atoms with Gasteiger partial charge in [-0.2, -0.15) is 0 Å². The molecular formula is C12H19N3O2. The molecular weight excluding hydrogens is 218 g/mol. The van der Waals surface area contributed by atoms with Gasteiger partial charge in [0.05, 0.1) is 6.54 Å². The van der Waals surface area contributed by atoms with E-state index in [0.717, 1.165) is 37.1 Å². The summed E-state index contributed by atoms with van der Waals surface area (Å²) in [7, 11) is 0. The first-order valence-corrected chi connectivity index (χ1v) is 6.05. The van der Waals surface area contributed by atoms with E-state index in [1.807, 2.05) is 13.0 Å². The summed E-state index contributed by atoms with van der Waals surface area (Å²) >= 11 is 0. The summed E-state index contributed by atoms with van der Waals surface area (Å²) in [6, 6.07) is 1.81. The molecule has 1 saturated carbocycles. The number of aromatic nitrogens is 1. The van der Waals surface area contributed by atoms with Crippen molar-refractivity contribution in [2.45, 2.75) is 51.1 Å². The number of rotatable bonds is 4. The molecule has 0 radical (unpaired) electrons. The molecule has 1 aromatic heterocycles. The van der Waals surface area contributed by atoms with Crippen LogP contribution in [0.1, 0.15) is 43.6 Å². The number of nitrogens with zero attached hydrogens (tertiary/aromatic N) is 1. The van der Waals surface area contributed by atoms with Gasteiger partial charge < -0.3 is 15.6 Å². The number of carbonyl (C=O) groups excluding carboxylic acids is 1. The van der Waals surface area contributed by atoms with Crippen LogP contribution in [-0.2, 0) is 11.3 Å². The molecule has 0 aliphatic heterocycles. The van der Waals surface area contributed by atoms with Crippen LogP contribution in [0.4, 0.5) is 0 Å². The molecule has 1 aliphatic carbocycles. The molecule has 5 heteroatoms. The molecule has 0 spiro atoms. The average molecular weight is 237 g/mol. The number of hydrogen-bond donors (Lipinski definition) is 2. The molecule has 2 rings (SSSR count). The first-order chi connectivity index (χ1) is 8.07. The van der Waals surface area contributed by atoms with Crippen molar-refractivity contribution >= 4 is 5.91 Å².